The molecular weight excluding hydrogens is 268 g/mol. The zero-order valence-electron chi connectivity index (χ0n) is 9.75. The number of alkyl halides is 1. The number of hydrogen-bond donors (Lipinski definition) is 0. The predicted octanol–water partition coefficient (Wildman–Crippen LogP) is 3.04. The van der Waals surface area contributed by atoms with Crippen LogP contribution in [0.5, 0.6) is 0 Å². The van der Waals surface area contributed by atoms with Gasteiger partial charge in [-0.3, -0.25) is 4.79 Å². The molecule has 2 nitrogen and oxygen atoms in total. The second-order valence-electron chi connectivity index (χ2n) is 3.82. The summed E-state index contributed by atoms with van der Waals surface area (Å²) < 4.78 is 4.71. The van der Waals surface area contributed by atoms with E-state index >= 15 is 0 Å². The van der Waals surface area contributed by atoms with Crippen LogP contribution in [0, 0.1) is 6.92 Å². The van der Waals surface area contributed by atoms with Crippen LogP contribution < -0.4 is 0 Å². The second kappa shape index (κ2) is 6.69. The molecule has 1 aromatic rings. The van der Waals surface area contributed by atoms with Gasteiger partial charge in [0.25, 0.3) is 0 Å². The molecule has 0 fully saturated rings. The van der Waals surface area contributed by atoms with Gasteiger partial charge in [-0.2, -0.15) is 0 Å². The van der Waals surface area contributed by atoms with Crippen LogP contribution in [0.25, 0.3) is 0 Å². The van der Waals surface area contributed by atoms with Gasteiger partial charge in [0, 0.05) is 5.33 Å². The molecule has 3 heteroatoms. The number of carbonyl (C=O) groups is 1. The maximum Gasteiger partial charge on any atom is 0.309 e. The first kappa shape index (κ1) is 13.2. The molecule has 0 bridgehead atoms. The van der Waals surface area contributed by atoms with Gasteiger partial charge in [-0.15, -0.1) is 0 Å². The quantitative estimate of drug-likeness (QED) is 0.614. The lowest BCUT2D eigenvalue weighted by atomic mass is 9.98. The Morgan fingerprint density at radius 1 is 1.38 bits per heavy atom. The lowest BCUT2D eigenvalue weighted by Gasteiger charge is -2.09. The van der Waals surface area contributed by atoms with Crippen molar-refractivity contribution in [2.75, 3.05) is 12.4 Å². The average Bonchev–Trinajstić information content (AvgIpc) is 2.28. The van der Waals surface area contributed by atoms with E-state index in [1.165, 1.54) is 18.2 Å². The van der Waals surface area contributed by atoms with Gasteiger partial charge in [-0.25, -0.2) is 0 Å². The Balaban J connectivity index is 2.84. The molecule has 0 aliphatic carbocycles. The highest BCUT2D eigenvalue weighted by Crippen LogP contribution is 2.15. The Morgan fingerprint density at radius 3 is 2.75 bits per heavy atom. The molecule has 0 aromatic heterocycles. The van der Waals surface area contributed by atoms with Crippen LogP contribution >= 0.6 is 15.9 Å². The van der Waals surface area contributed by atoms with Crippen molar-refractivity contribution in [1.29, 1.82) is 0 Å². The van der Waals surface area contributed by atoms with E-state index < -0.39 is 0 Å². The summed E-state index contributed by atoms with van der Waals surface area (Å²) in [6.45, 7) is 2.04. The first-order chi connectivity index (χ1) is 7.67. The zero-order chi connectivity index (χ0) is 12.0. The van der Waals surface area contributed by atoms with Gasteiger partial charge in [-0.1, -0.05) is 39.7 Å². The van der Waals surface area contributed by atoms with E-state index in [1.807, 2.05) is 6.92 Å². The van der Waals surface area contributed by atoms with E-state index in [4.69, 9.17) is 4.74 Å². The first-order valence-electron chi connectivity index (χ1n) is 5.38. The third-order valence-electron chi connectivity index (χ3n) is 2.50. The predicted molar refractivity (Wildman–Crippen MR) is 69.0 cm³/mol. The van der Waals surface area contributed by atoms with Crippen molar-refractivity contribution < 1.29 is 9.53 Å². The van der Waals surface area contributed by atoms with Crippen molar-refractivity contribution in [3.05, 3.63) is 34.9 Å². The standard InChI is InChI=1S/C13H17BrO2/c1-10-5-6-11(4-3-7-14)12(8-10)9-13(15)16-2/h5-6,8H,3-4,7,9H2,1-2H3. The number of halogens is 1. The summed E-state index contributed by atoms with van der Waals surface area (Å²) >= 11 is 3.42. The zero-order valence-corrected chi connectivity index (χ0v) is 11.3. The molecule has 0 aliphatic rings. The van der Waals surface area contributed by atoms with Crippen molar-refractivity contribution in [3.63, 3.8) is 0 Å². The van der Waals surface area contributed by atoms with Crippen LogP contribution in [0.3, 0.4) is 0 Å². The summed E-state index contributed by atoms with van der Waals surface area (Å²) in [6.07, 6.45) is 2.45. The van der Waals surface area contributed by atoms with Crippen LogP contribution in [0.2, 0.25) is 0 Å². The molecule has 0 spiro atoms. The summed E-state index contributed by atoms with van der Waals surface area (Å²) in [4.78, 5) is 11.3. The molecule has 0 saturated carbocycles. The summed E-state index contributed by atoms with van der Waals surface area (Å²) in [6, 6.07) is 6.26. The molecule has 0 radical (unpaired) electrons. The maximum absolute atomic E-state index is 11.3. The molecule has 0 heterocycles. The van der Waals surface area contributed by atoms with Crippen molar-refractivity contribution in [2.45, 2.75) is 26.2 Å². The fraction of sp³-hybridized carbons (Fsp3) is 0.462. The van der Waals surface area contributed by atoms with Crippen molar-refractivity contribution in [2.24, 2.45) is 0 Å². The number of benzene rings is 1. The van der Waals surface area contributed by atoms with Gasteiger partial charge in [0.2, 0.25) is 0 Å². The number of aryl methyl sites for hydroxylation is 2. The summed E-state index contributed by atoms with van der Waals surface area (Å²) in [5, 5.41) is 0.985. The maximum atomic E-state index is 11.3. The first-order valence-corrected chi connectivity index (χ1v) is 6.50. The summed E-state index contributed by atoms with van der Waals surface area (Å²) in [5.41, 5.74) is 3.52. The van der Waals surface area contributed by atoms with E-state index in [9.17, 15) is 4.79 Å². The van der Waals surface area contributed by atoms with E-state index in [2.05, 4.69) is 34.1 Å². The minimum Gasteiger partial charge on any atom is -0.469 e. The van der Waals surface area contributed by atoms with Crippen molar-refractivity contribution >= 4 is 21.9 Å². The molecule has 1 aromatic carbocycles. The van der Waals surface area contributed by atoms with Gasteiger partial charge in [-0.05, 0) is 30.9 Å². The number of hydrogen-bond acceptors (Lipinski definition) is 2. The molecule has 16 heavy (non-hydrogen) atoms. The Labute approximate surface area is 105 Å². The van der Waals surface area contributed by atoms with Gasteiger partial charge >= 0.3 is 5.97 Å². The molecule has 88 valence electrons. The van der Waals surface area contributed by atoms with Crippen LogP contribution in [0.1, 0.15) is 23.1 Å². The Morgan fingerprint density at radius 2 is 2.12 bits per heavy atom. The summed E-state index contributed by atoms with van der Waals surface area (Å²) in [7, 11) is 1.43. The fourth-order valence-corrected chi connectivity index (χ4v) is 1.93. The largest absolute Gasteiger partial charge is 0.469 e. The number of rotatable bonds is 5. The molecule has 0 N–H and O–H groups in total. The fourth-order valence-electron chi connectivity index (χ4n) is 1.65. The minimum atomic E-state index is -0.175. The lowest BCUT2D eigenvalue weighted by Crippen LogP contribution is -2.07. The van der Waals surface area contributed by atoms with Crippen molar-refractivity contribution in [1.82, 2.24) is 0 Å². The highest BCUT2D eigenvalue weighted by molar-refractivity contribution is 9.09. The molecule has 0 aliphatic heterocycles. The molecular formula is C13H17BrO2. The van der Waals surface area contributed by atoms with Crippen LogP contribution in [-0.4, -0.2) is 18.4 Å². The van der Waals surface area contributed by atoms with Gasteiger partial charge in [0.1, 0.15) is 0 Å². The van der Waals surface area contributed by atoms with Crippen LogP contribution in [-0.2, 0) is 22.4 Å². The Kier molecular flexibility index (Phi) is 5.53. The number of ether oxygens (including phenoxy) is 1. The van der Waals surface area contributed by atoms with E-state index in [-0.39, 0.29) is 5.97 Å². The SMILES string of the molecule is COC(=O)Cc1cc(C)ccc1CCCBr. The van der Waals surface area contributed by atoms with E-state index in [0.717, 1.165) is 23.7 Å². The Bertz CT molecular complexity index is 361. The summed E-state index contributed by atoms with van der Waals surface area (Å²) in [5.74, 6) is -0.175. The van der Waals surface area contributed by atoms with Gasteiger partial charge in [0.15, 0.2) is 0 Å². The highest BCUT2D eigenvalue weighted by Gasteiger charge is 2.08. The Hall–Kier alpha value is -0.830. The monoisotopic (exact) mass is 284 g/mol. The third-order valence-corrected chi connectivity index (χ3v) is 3.06. The van der Waals surface area contributed by atoms with Gasteiger partial charge in [0.05, 0.1) is 13.5 Å². The van der Waals surface area contributed by atoms with Crippen LogP contribution in [0.4, 0.5) is 0 Å². The minimum absolute atomic E-state index is 0.175. The molecule has 0 unspecified atom stereocenters. The topological polar surface area (TPSA) is 26.3 Å². The third kappa shape index (κ3) is 3.97. The molecule has 1 rings (SSSR count). The molecule has 0 saturated heterocycles. The molecule has 0 amide bonds. The normalized spacial score (nSPS) is 10.2. The van der Waals surface area contributed by atoms with E-state index in [1.54, 1.807) is 0 Å². The van der Waals surface area contributed by atoms with Crippen molar-refractivity contribution in [3.8, 4) is 0 Å². The van der Waals surface area contributed by atoms with E-state index in [0.29, 0.717) is 6.42 Å². The molecule has 0 atom stereocenters. The average molecular weight is 285 g/mol. The number of esters is 1. The van der Waals surface area contributed by atoms with Crippen LogP contribution in [0.15, 0.2) is 18.2 Å². The highest BCUT2D eigenvalue weighted by atomic mass is 79.9. The number of methoxy groups -OCH3 is 1. The smallest absolute Gasteiger partial charge is 0.309 e. The number of carbonyl (C=O) groups excluding carboxylic acids is 1. The second-order valence-corrected chi connectivity index (χ2v) is 4.61. The van der Waals surface area contributed by atoms with Gasteiger partial charge < -0.3 is 4.74 Å². The lowest BCUT2D eigenvalue weighted by molar-refractivity contribution is -0.139.